The Morgan fingerprint density at radius 3 is 1.13 bits per heavy atom. The van der Waals surface area contributed by atoms with Gasteiger partial charge in [-0.25, -0.2) is 0 Å². The molecule has 0 amide bonds. The van der Waals surface area contributed by atoms with Gasteiger partial charge in [0.1, 0.15) is 6.61 Å². The lowest BCUT2D eigenvalue weighted by Gasteiger charge is -2.18. The van der Waals surface area contributed by atoms with Gasteiger partial charge in [-0.15, -0.1) is 0 Å². The Balaban J connectivity index is 4.36. The summed E-state index contributed by atoms with van der Waals surface area (Å²) in [6, 6.07) is 0. The first-order valence-electron chi connectivity index (χ1n) is 28.8. The lowest BCUT2D eigenvalue weighted by Crippen LogP contribution is -2.30. The van der Waals surface area contributed by atoms with Crippen molar-refractivity contribution in [1.29, 1.82) is 0 Å². The molecule has 0 N–H and O–H groups in total. The molecule has 0 rings (SSSR count). The van der Waals surface area contributed by atoms with Gasteiger partial charge in [0.25, 0.3) is 0 Å². The summed E-state index contributed by atoms with van der Waals surface area (Å²) in [6.45, 7) is 7.63. The van der Waals surface area contributed by atoms with Gasteiger partial charge in [0.05, 0.1) is 6.61 Å². The van der Waals surface area contributed by atoms with Crippen molar-refractivity contribution in [2.24, 2.45) is 0 Å². The van der Waals surface area contributed by atoms with Crippen molar-refractivity contribution in [1.82, 2.24) is 0 Å². The van der Waals surface area contributed by atoms with Crippen molar-refractivity contribution in [2.75, 3.05) is 19.8 Å². The van der Waals surface area contributed by atoms with E-state index in [0.717, 1.165) is 89.9 Å². The maximum Gasteiger partial charge on any atom is 0.306 e. The molecule has 1 atom stereocenters. The molecule has 0 aromatic rings. The summed E-state index contributed by atoms with van der Waals surface area (Å²) in [5.74, 6) is -0.454. The molecule has 0 fully saturated rings. The smallest absolute Gasteiger partial charge is 0.306 e. The first-order chi connectivity index (χ1) is 33.6. The fourth-order valence-electron chi connectivity index (χ4n) is 7.80. The summed E-state index contributed by atoms with van der Waals surface area (Å²) in [7, 11) is 0. The number of hydrogen-bond donors (Lipinski definition) is 0. The van der Waals surface area contributed by atoms with E-state index in [2.05, 4.69) is 118 Å². The van der Waals surface area contributed by atoms with Crippen molar-refractivity contribution in [2.45, 2.75) is 271 Å². The highest BCUT2D eigenvalue weighted by atomic mass is 16.6. The van der Waals surface area contributed by atoms with Crippen molar-refractivity contribution >= 4 is 11.9 Å². The Labute approximate surface area is 422 Å². The van der Waals surface area contributed by atoms with E-state index >= 15 is 0 Å². The average molecular weight is 946 g/mol. The molecule has 0 heterocycles. The summed E-state index contributed by atoms with van der Waals surface area (Å²) in [5, 5.41) is 0. The number of carbonyl (C=O) groups is 2. The molecular formula is C63H108O5. The normalized spacial score (nSPS) is 12.9. The monoisotopic (exact) mass is 945 g/mol. The molecule has 0 aliphatic heterocycles. The molecule has 0 saturated heterocycles. The van der Waals surface area contributed by atoms with Crippen LogP contribution in [0.15, 0.2) is 97.2 Å². The third-order valence-electron chi connectivity index (χ3n) is 12.1. The van der Waals surface area contributed by atoms with Crippen molar-refractivity contribution < 1.29 is 23.8 Å². The van der Waals surface area contributed by atoms with Crippen LogP contribution < -0.4 is 0 Å². The van der Waals surface area contributed by atoms with Gasteiger partial charge < -0.3 is 14.2 Å². The number of hydrogen-bond acceptors (Lipinski definition) is 5. The molecule has 68 heavy (non-hydrogen) atoms. The van der Waals surface area contributed by atoms with Crippen LogP contribution in [0.25, 0.3) is 0 Å². The highest BCUT2D eigenvalue weighted by Gasteiger charge is 2.17. The zero-order valence-corrected chi connectivity index (χ0v) is 44.8. The number of esters is 2. The predicted molar refractivity (Wildman–Crippen MR) is 297 cm³/mol. The van der Waals surface area contributed by atoms with Crippen LogP contribution in [0.1, 0.15) is 265 Å². The zero-order chi connectivity index (χ0) is 49.2. The number of ether oxygens (including phenoxy) is 3. The van der Waals surface area contributed by atoms with Gasteiger partial charge in [-0.3, -0.25) is 9.59 Å². The van der Waals surface area contributed by atoms with E-state index < -0.39 is 6.10 Å². The lowest BCUT2D eigenvalue weighted by molar-refractivity contribution is -0.163. The topological polar surface area (TPSA) is 61.8 Å². The molecule has 390 valence electrons. The number of rotatable bonds is 52. The third-order valence-corrected chi connectivity index (χ3v) is 12.1. The molecule has 5 nitrogen and oxygen atoms in total. The molecule has 0 bridgehead atoms. The molecule has 1 unspecified atom stereocenters. The standard InChI is InChI=1S/C63H108O5/c1-4-7-10-13-16-19-22-25-28-30-31-32-34-37-40-43-46-49-52-55-58-66-59-61(68-63(65)57-54-51-48-45-42-39-35-27-24-21-18-15-12-9-6-3)60-67-62(64)56-53-50-47-44-41-38-36-33-29-26-23-20-17-14-11-8-5-2/h9,12,16,18-19,21,25-29,31-32,35,42,45,61H,4-8,10-11,13-15,17,20,22-24,30,33-34,36-41,43-44,46-60H2,1-3H3/b12-9-,19-16-,21-18-,28-25-,29-26-,32-31-,35-27-,45-42-. The minimum absolute atomic E-state index is 0.0582. The maximum atomic E-state index is 12.8. The fraction of sp³-hybridized carbons (Fsp3) is 0.714. The van der Waals surface area contributed by atoms with Crippen LogP contribution in [0.4, 0.5) is 0 Å². The van der Waals surface area contributed by atoms with Crippen LogP contribution in [0.3, 0.4) is 0 Å². The van der Waals surface area contributed by atoms with Gasteiger partial charge >= 0.3 is 11.9 Å². The Bertz CT molecular complexity index is 1300. The van der Waals surface area contributed by atoms with Gasteiger partial charge in [-0.05, 0) is 122 Å². The number of allylic oxidation sites excluding steroid dienone is 16. The van der Waals surface area contributed by atoms with Gasteiger partial charge in [0.2, 0.25) is 0 Å². The molecule has 0 aliphatic rings. The quantitative estimate of drug-likeness (QED) is 0.0345. The van der Waals surface area contributed by atoms with Crippen molar-refractivity contribution in [3.63, 3.8) is 0 Å². The summed E-state index contributed by atoms with van der Waals surface area (Å²) < 4.78 is 17.4. The Morgan fingerprint density at radius 2 is 0.662 bits per heavy atom. The van der Waals surface area contributed by atoms with E-state index in [4.69, 9.17) is 14.2 Å². The highest BCUT2D eigenvalue weighted by Crippen LogP contribution is 2.14. The van der Waals surface area contributed by atoms with Gasteiger partial charge in [0, 0.05) is 19.4 Å². The second kappa shape index (κ2) is 58.1. The summed E-state index contributed by atoms with van der Waals surface area (Å²) in [5.41, 5.74) is 0. The van der Waals surface area contributed by atoms with E-state index in [1.54, 1.807) is 0 Å². The summed E-state index contributed by atoms with van der Waals surface area (Å²) in [6.07, 6.45) is 78.6. The van der Waals surface area contributed by atoms with E-state index in [1.807, 2.05) is 0 Å². The van der Waals surface area contributed by atoms with Crippen LogP contribution in [-0.2, 0) is 23.8 Å². The third kappa shape index (κ3) is 55.4. The molecule has 0 aliphatic carbocycles. The second-order valence-corrected chi connectivity index (χ2v) is 18.8. The molecular weight excluding hydrogens is 837 g/mol. The van der Waals surface area contributed by atoms with Crippen molar-refractivity contribution in [3.05, 3.63) is 97.2 Å². The van der Waals surface area contributed by atoms with Crippen LogP contribution in [0, 0.1) is 0 Å². The minimum atomic E-state index is -0.571. The van der Waals surface area contributed by atoms with Gasteiger partial charge in [0.15, 0.2) is 6.10 Å². The SMILES string of the molecule is CC/C=C\C/C=C\C/C=C\C/C=C\CCCCC(=O)OC(COCCCCCCCCC/C=C\C/C=C\C/C=C\CCCCC)COC(=O)CCCCCCCCC/C=C\CCCCCCCC. The highest BCUT2D eigenvalue weighted by molar-refractivity contribution is 5.70. The predicted octanol–water partition coefficient (Wildman–Crippen LogP) is 19.8. The lowest BCUT2D eigenvalue weighted by atomic mass is 10.1. The van der Waals surface area contributed by atoms with Crippen LogP contribution in [0.5, 0.6) is 0 Å². The Kier molecular flexibility index (Phi) is 55.4. The molecule has 0 aromatic heterocycles. The van der Waals surface area contributed by atoms with E-state index in [-0.39, 0.29) is 25.2 Å². The first kappa shape index (κ1) is 64.8. The van der Waals surface area contributed by atoms with E-state index in [9.17, 15) is 9.59 Å². The maximum absolute atomic E-state index is 12.8. The Hall–Kier alpha value is -3.18. The molecule has 0 radical (unpaired) electrons. The van der Waals surface area contributed by atoms with Gasteiger partial charge in [-0.1, -0.05) is 227 Å². The largest absolute Gasteiger partial charge is 0.462 e. The van der Waals surface area contributed by atoms with Gasteiger partial charge in [-0.2, -0.15) is 0 Å². The molecule has 0 saturated carbocycles. The molecule has 0 spiro atoms. The van der Waals surface area contributed by atoms with Crippen LogP contribution in [0.2, 0.25) is 0 Å². The summed E-state index contributed by atoms with van der Waals surface area (Å²) in [4.78, 5) is 25.5. The Morgan fingerprint density at radius 1 is 0.338 bits per heavy atom. The number of unbranched alkanes of at least 4 members (excludes halogenated alkanes) is 25. The fourth-order valence-corrected chi connectivity index (χ4v) is 7.80. The van der Waals surface area contributed by atoms with Crippen LogP contribution >= 0.6 is 0 Å². The van der Waals surface area contributed by atoms with Crippen LogP contribution in [-0.4, -0.2) is 37.9 Å². The molecule has 5 heteroatoms. The van der Waals surface area contributed by atoms with E-state index in [1.165, 1.54) is 141 Å². The summed E-state index contributed by atoms with van der Waals surface area (Å²) >= 11 is 0. The average Bonchev–Trinajstić information content (AvgIpc) is 3.34. The zero-order valence-electron chi connectivity index (χ0n) is 44.8. The minimum Gasteiger partial charge on any atom is -0.462 e. The second-order valence-electron chi connectivity index (χ2n) is 18.8. The van der Waals surface area contributed by atoms with E-state index in [0.29, 0.717) is 19.4 Å². The molecule has 0 aromatic carbocycles. The number of carbonyl (C=O) groups excluding carboxylic acids is 2. The first-order valence-corrected chi connectivity index (χ1v) is 28.8. The van der Waals surface area contributed by atoms with Crippen molar-refractivity contribution in [3.8, 4) is 0 Å².